The molecule has 1 aliphatic heterocycles. The summed E-state index contributed by atoms with van der Waals surface area (Å²) in [6.45, 7) is 5.58. The van der Waals surface area contributed by atoms with Gasteiger partial charge in [0.15, 0.2) is 0 Å². The van der Waals surface area contributed by atoms with Crippen molar-refractivity contribution in [1.82, 2.24) is 0 Å². The summed E-state index contributed by atoms with van der Waals surface area (Å²) in [5, 5.41) is 3.43. The number of hydrogen-bond donors (Lipinski definition) is 2. The largest absolute Gasteiger partial charge is 0.384 e. The molecule has 2 N–H and O–H groups in total. The van der Waals surface area contributed by atoms with E-state index in [4.69, 9.17) is 0 Å². The van der Waals surface area contributed by atoms with Crippen molar-refractivity contribution in [2.45, 2.75) is 19.3 Å². The van der Waals surface area contributed by atoms with E-state index in [1.165, 1.54) is 16.9 Å². The summed E-state index contributed by atoms with van der Waals surface area (Å²) >= 11 is 1.63. The van der Waals surface area contributed by atoms with Crippen LogP contribution in [0, 0.1) is 0 Å². The van der Waals surface area contributed by atoms with Gasteiger partial charge in [0.25, 0.3) is 0 Å². The summed E-state index contributed by atoms with van der Waals surface area (Å²) in [6.07, 6.45) is 2.04. The highest BCUT2D eigenvalue weighted by molar-refractivity contribution is 7.99. The second-order valence-electron chi connectivity index (χ2n) is 4.30. The van der Waals surface area contributed by atoms with Gasteiger partial charge in [-0.3, -0.25) is 0 Å². The molecule has 76 valence electrons. The van der Waals surface area contributed by atoms with Gasteiger partial charge in [0.2, 0.25) is 0 Å². The summed E-state index contributed by atoms with van der Waals surface area (Å²) in [4.78, 5) is 0. The average molecular weight is 208 g/mol. The number of fused-ring (bicyclic) bond motifs is 1. The molecule has 2 rings (SSSR count). The van der Waals surface area contributed by atoms with E-state index in [0.29, 0.717) is 0 Å². The highest BCUT2D eigenvalue weighted by Crippen LogP contribution is 2.37. The fourth-order valence-electron chi connectivity index (χ4n) is 1.85. The van der Waals surface area contributed by atoms with Gasteiger partial charge in [-0.15, -0.1) is 0 Å². The topological polar surface area (TPSA) is 24.1 Å². The van der Waals surface area contributed by atoms with Crippen LogP contribution in [0.4, 0.5) is 11.4 Å². The first-order valence-electron chi connectivity index (χ1n) is 4.81. The van der Waals surface area contributed by atoms with Gasteiger partial charge < -0.3 is 10.0 Å². The maximum Gasteiger partial charge on any atom is 0.0444 e. The Labute approximate surface area is 89.6 Å². The zero-order valence-corrected chi connectivity index (χ0v) is 9.66. The van der Waals surface area contributed by atoms with Gasteiger partial charge in [0.1, 0.15) is 0 Å². The highest BCUT2D eigenvalue weighted by Gasteiger charge is 2.29. The fraction of sp³-hybridized carbons (Fsp3) is 0.455. The van der Waals surface area contributed by atoms with E-state index in [1.807, 2.05) is 6.26 Å². The molecule has 0 amide bonds. The van der Waals surface area contributed by atoms with Crippen LogP contribution in [0.2, 0.25) is 0 Å². The Morgan fingerprint density at radius 1 is 1.43 bits per heavy atom. The number of benzene rings is 1. The lowest BCUT2D eigenvalue weighted by Gasteiger charge is -2.17. The Balaban J connectivity index is 2.38. The van der Waals surface area contributed by atoms with E-state index < -0.39 is 0 Å². The lowest BCUT2D eigenvalue weighted by atomic mass is 9.87. The molecule has 1 aliphatic rings. The third kappa shape index (κ3) is 1.57. The molecule has 0 radical (unpaired) electrons. The van der Waals surface area contributed by atoms with Crippen LogP contribution in [0.25, 0.3) is 0 Å². The van der Waals surface area contributed by atoms with E-state index >= 15 is 0 Å². The van der Waals surface area contributed by atoms with Gasteiger partial charge in [0, 0.05) is 29.6 Å². The van der Waals surface area contributed by atoms with Crippen molar-refractivity contribution in [3.8, 4) is 0 Å². The van der Waals surface area contributed by atoms with Crippen molar-refractivity contribution >= 4 is 23.3 Å². The SMILES string of the molecule is CSNc1ccc2c(c1)C(C)(C)CN2. The maximum atomic E-state index is 3.43. The van der Waals surface area contributed by atoms with E-state index in [1.54, 1.807) is 11.9 Å². The zero-order valence-electron chi connectivity index (χ0n) is 8.85. The van der Waals surface area contributed by atoms with E-state index in [-0.39, 0.29) is 5.41 Å². The van der Waals surface area contributed by atoms with E-state index in [0.717, 1.165) is 6.54 Å². The summed E-state index contributed by atoms with van der Waals surface area (Å²) in [5.41, 5.74) is 4.14. The van der Waals surface area contributed by atoms with Gasteiger partial charge in [-0.1, -0.05) is 25.8 Å². The molecule has 3 heteroatoms. The predicted octanol–water partition coefficient (Wildman–Crippen LogP) is 3.08. The minimum Gasteiger partial charge on any atom is -0.384 e. The fourth-order valence-corrected chi connectivity index (χ4v) is 2.21. The van der Waals surface area contributed by atoms with Crippen LogP contribution in [0.1, 0.15) is 19.4 Å². The molecule has 0 saturated heterocycles. The number of hydrogen-bond acceptors (Lipinski definition) is 3. The molecular formula is C11H16N2S. The van der Waals surface area contributed by atoms with Crippen LogP contribution in [0.3, 0.4) is 0 Å². The molecule has 0 unspecified atom stereocenters. The molecule has 0 atom stereocenters. The Hall–Kier alpha value is -0.830. The molecule has 14 heavy (non-hydrogen) atoms. The Kier molecular flexibility index (Phi) is 2.35. The van der Waals surface area contributed by atoms with Gasteiger partial charge in [-0.2, -0.15) is 0 Å². The standard InChI is InChI=1S/C11H16N2S/c1-11(2)7-12-10-5-4-8(13-14-3)6-9(10)11/h4-6,12-13H,7H2,1-3H3. The van der Waals surface area contributed by atoms with Crippen LogP contribution in [0.15, 0.2) is 18.2 Å². The Morgan fingerprint density at radius 2 is 2.21 bits per heavy atom. The quantitative estimate of drug-likeness (QED) is 0.730. The summed E-state index contributed by atoms with van der Waals surface area (Å²) < 4.78 is 3.26. The van der Waals surface area contributed by atoms with Gasteiger partial charge in [-0.25, -0.2) is 0 Å². The minimum atomic E-state index is 0.255. The van der Waals surface area contributed by atoms with Crippen LogP contribution < -0.4 is 10.0 Å². The monoisotopic (exact) mass is 208 g/mol. The third-order valence-corrected chi connectivity index (χ3v) is 3.13. The summed E-state index contributed by atoms with van der Waals surface area (Å²) in [6, 6.07) is 6.51. The van der Waals surface area contributed by atoms with Crippen molar-refractivity contribution in [2.24, 2.45) is 0 Å². The second-order valence-corrected chi connectivity index (χ2v) is 4.92. The van der Waals surface area contributed by atoms with Crippen molar-refractivity contribution in [3.63, 3.8) is 0 Å². The van der Waals surface area contributed by atoms with Crippen LogP contribution in [0.5, 0.6) is 0 Å². The molecule has 0 fully saturated rings. The lowest BCUT2D eigenvalue weighted by Crippen LogP contribution is -2.18. The number of anilines is 2. The lowest BCUT2D eigenvalue weighted by molar-refractivity contribution is 0.586. The maximum absolute atomic E-state index is 3.43. The first-order valence-corrected chi connectivity index (χ1v) is 6.03. The number of nitrogens with one attached hydrogen (secondary N) is 2. The molecule has 0 aliphatic carbocycles. The molecule has 1 heterocycles. The predicted molar refractivity (Wildman–Crippen MR) is 65.1 cm³/mol. The van der Waals surface area contributed by atoms with Crippen molar-refractivity contribution < 1.29 is 0 Å². The smallest absolute Gasteiger partial charge is 0.0444 e. The van der Waals surface area contributed by atoms with Gasteiger partial charge in [-0.05, 0) is 23.8 Å². The molecule has 0 aromatic heterocycles. The molecule has 2 nitrogen and oxygen atoms in total. The molecule has 0 bridgehead atoms. The summed E-state index contributed by atoms with van der Waals surface area (Å²) in [5.74, 6) is 0. The molecular weight excluding hydrogens is 192 g/mol. The van der Waals surface area contributed by atoms with Crippen molar-refractivity contribution in [2.75, 3.05) is 22.8 Å². The molecule has 1 aromatic carbocycles. The number of rotatable bonds is 2. The first-order chi connectivity index (χ1) is 6.63. The van der Waals surface area contributed by atoms with E-state index in [9.17, 15) is 0 Å². The second kappa shape index (κ2) is 3.39. The van der Waals surface area contributed by atoms with Crippen LogP contribution >= 0.6 is 11.9 Å². The third-order valence-electron chi connectivity index (χ3n) is 2.69. The van der Waals surface area contributed by atoms with Gasteiger partial charge in [0.05, 0.1) is 0 Å². The average Bonchev–Trinajstić information content (AvgIpc) is 2.44. The van der Waals surface area contributed by atoms with Crippen LogP contribution in [-0.2, 0) is 5.41 Å². The van der Waals surface area contributed by atoms with Crippen molar-refractivity contribution in [1.29, 1.82) is 0 Å². The molecule has 0 spiro atoms. The minimum absolute atomic E-state index is 0.255. The van der Waals surface area contributed by atoms with Gasteiger partial charge >= 0.3 is 0 Å². The highest BCUT2D eigenvalue weighted by atomic mass is 32.2. The zero-order chi connectivity index (χ0) is 10.2. The van der Waals surface area contributed by atoms with Crippen LogP contribution in [-0.4, -0.2) is 12.8 Å². The molecule has 1 aromatic rings. The van der Waals surface area contributed by atoms with Crippen molar-refractivity contribution in [3.05, 3.63) is 23.8 Å². The Bertz CT molecular complexity index is 347. The first kappa shape index (κ1) is 9.71. The Morgan fingerprint density at radius 3 is 2.93 bits per heavy atom. The van der Waals surface area contributed by atoms with E-state index in [2.05, 4.69) is 42.1 Å². The molecule has 0 saturated carbocycles. The normalized spacial score (nSPS) is 17.4. The summed E-state index contributed by atoms with van der Waals surface area (Å²) in [7, 11) is 0.